The first-order valence-electron chi connectivity index (χ1n) is 32.8. The number of anilines is 1. The van der Waals surface area contributed by atoms with Crippen molar-refractivity contribution < 1.29 is 99.3 Å². The summed E-state index contributed by atoms with van der Waals surface area (Å²) in [4.78, 5) is 41.0. The molecule has 0 saturated heterocycles. The van der Waals surface area contributed by atoms with Crippen molar-refractivity contribution in [3.8, 4) is 0 Å². The van der Waals surface area contributed by atoms with E-state index in [1.807, 2.05) is 70.1 Å². The van der Waals surface area contributed by atoms with Gasteiger partial charge in [-0.3, -0.25) is 23.2 Å². The molecule has 0 fully saturated rings. The van der Waals surface area contributed by atoms with Crippen LogP contribution in [0.25, 0.3) is 0 Å². The first kappa shape index (κ1) is 81.1. The fourth-order valence-corrected chi connectivity index (χ4v) is 16.7. The minimum absolute atomic E-state index is 0.0256. The molecule has 548 valence electrons. The second kappa shape index (κ2) is 38.4. The van der Waals surface area contributed by atoms with Crippen LogP contribution >= 0.6 is 7.92 Å². The van der Waals surface area contributed by atoms with E-state index in [2.05, 4.69) is 10.6 Å². The molecule has 0 bridgehead atoms. The Morgan fingerprint density at radius 1 is 0.594 bits per heavy atom. The molecule has 2 aliphatic heterocycles. The highest BCUT2D eigenvalue weighted by Crippen LogP contribution is 2.52. The third kappa shape index (κ3) is 23.9. The molecule has 30 heteroatoms. The smallest absolute Gasteiger partial charge is 0.338 e. The van der Waals surface area contributed by atoms with Crippen LogP contribution in [0.2, 0.25) is 0 Å². The topological polar surface area (TPSA) is 357 Å². The first-order chi connectivity index (χ1) is 48.1. The van der Waals surface area contributed by atoms with Crippen molar-refractivity contribution in [1.29, 1.82) is 0 Å². The number of unbranched alkanes of at least 4 members (excludes halogenated alkanes) is 2. The van der Waals surface area contributed by atoms with E-state index in [0.717, 1.165) is 10.6 Å². The Labute approximate surface area is 593 Å². The quantitative estimate of drug-likeness (QED) is 0.00641. The normalized spacial score (nSPS) is 16.9. The second-order valence-electron chi connectivity index (χ2n) is 24.2. The van der Waals surface area contributed by atoms with Gasteiger partial charge in [0, 0.05) is 78.5 Å². The standard InChI is InChI=1S/C71H89N4O21PS4/c1-70(34-19-49-98(79,80)81)60-52-57(100(85,86)87)29-32-62(60)74(38-18-10-17-27-67(76)72-36-37-73-68(77)54-28-31-59(69(78)92-4)64(51-54)97(55-21-11-8-12-22-55)56-23-13-9-14-24-56)65(70)25-15-6-5-7-16-26-66-71(2,35-20-50-99(82,83)84)61-53-58(101(88,89)90)30-33-63(61)75(66)39-40-93-43-44-95-47-48-96-46-45-94-42-41-91-3/h5-9,11-16,21-26,28-33,51-53H,10,17-20,27,34-50H2,1-4H3,(H5-,72,73,76,77,79,80,81,82,83,84,85,86,87,88,89,90). The van der Waals surface area contributed by atoms with Gasteiger partial charge in [-0.05, 0) is 131 Å². The van der Waals surface area contributed by atoms with Crippen molar-refractivity contribution >= 4 is 99.2 Å². The molecule has 2 unspecified atom stereocenters. The van der Waals surface area contributed by atoms with Crippen molar-refractivity contribution in [2.75, 3.05) is 116 Å². The number of rotatable bonds is 43. The van der Waals surface area contributed by atoms with Gasteiger partial charge in [0.2, 0.25) is 11.6 Å². The maximum Gasteiger partial charge on any atom is 0.338 e. The number of allylic oxidation sites excluding steroid dienone is 8. The Morgan fingerprint density at radius 3 is 1.73 bits per heavy atom. The van der Waals surface area contributed by atoms with E-state index in [1.54, 1.807) is 87.8 Å². The van der Waals surface area contributed by atoms with Gasteiger partial charge in [-0.15, -0.1) is 0 Å². The summed E-state index contributed by atoms with van der Waals surface area (Å²) in [5.41, 5.74) is 1.76. The molecule has 5 aromatic carbocycles. The molecule has 0 saturated carbocycles. The zero-order chi connectivity index (χ0) is 73.3. The van der Waals surface area contributed by atoms with Gasteiger partial charge >= 0.3 is 5.97 Å². The van der Waals surface area contributed by atoms with Crippen LogP contribution < -0.4 is 31.4 Å². The molecule has 2 aliphatic rings. The lowest BCUT2D eigenvalue weighted by atomic mass is 9.76. The van der Waals surface area contributed by atoms with Gasteiger partial charge in [-0.25, -0.2) is 13.2 Å². The van der Waals surface area contributed by atoms with Gasteiger partial charge in [-0.2, -0.15) is 29.8 Å². The van der Waals surface area contributed by atoms with Gasteiger partial charge in [0.15, 0.2) is 12.3 Å². The van der Waals surface area contributed by atoms with E-state index in [-0.39, 0.29) is 82.4 Å². The lowest BCUT2D eigenvalue weighted by molar-refractivity contribution is -0.442. The number of carbonyl (C=O) groups excluding carboxylic acids is 3. The third-order valence-corrected chi connectivity index (χ3v) is 22.8. The number of amides is 2. The Hall–Kier alpha value is -7.19. The van der Waals surface area contributed by atoms with Gasteiger partial charge < -0.3 is 48.5 Å². The number of hydrogen-bond donors (Lipinski definition) is 5. The lowest BCUT2D eigenvalue weighted by Gasteiger charge is -2.30. The van der Waals surface area contributed by atoms with Crippen LogP contribution in [0.3, 0.4) is 0 Å². The highest BCUT2D eigenvalue weighted by atomic mass is 32.2. The third-order valence-electron chi connectivity index (χ3n) is 17.1. The number of methoxy groups -OCH3 is 2. The molecule has 0 radical (unpaired) electrons. The second-order valence-corrected chi connectivity index (χ2v) is 32.3. The van der Waals surface area contributed by atoms with E-state index >= 15 is 0 Å². The summed E-state index contributed by atoms with van der Waals surface area (Å²) >= 11 is 0. The predicted molar refractivity (Wildman–Crippen MR) is 385 cm³/mol. The van der Waals surface area contributed by atoms with Crippen LogP contribution in [0, 0.1) is 0 Å². The van der Waals surface area contributed by atoms with Gasteiger partial charge in [0.05, 0.1) is 92.2 Å². The largest absolute Gasteiger partial charge is 0.744 e. The molecule has 2 heterocycles. The van der Waals surface area contributed by atoms with Crippen molar-refractivity contribution in [1.82, 2.24) is 10.6 Å². The molecular weight excluding hydrogens is 1400 g/mol. The van der Waals surface area contributed by atoms with Crippen molar-refractivity contribution in [2.24, 2.45) is 0 Å². The molecule has 5 N–H and O–H groups in total. The summed E-state index contributed by atoms with van der Waals surface area (Å²) in [6.45, 7) is 7.51. The van der Waals surface area contributed by atoms with Crippen LogP contribution in [0.15, 0.2) is 173 Å². The predicted octanol–water partition coefficient (Wildman–Crippen LogP) is 7.22. The van der Waals surface area contributed by atoms with Crippen LogP contribution in [-0.4, -0.2) is 191 Å². The fraction of sp³-hybridized carbons (Fsp3) is 0.408. The van der Waals surface area contributed by atoms with E-state index < -0.39 is 87.5 Å². The zero-order valence-electron chi connectivity index (χ0n) is 56.9. The minimum Gasteiger partial charge on any atom is -0.744 e. The van der Waals surface area contributed by atoms with E-state index in [4.69, 9.17) is 28.4 Å². The van der Waals surface area contributed by atoms with Crippen LogP contribution in [0.4, 0.5) is 11.4 Å². The van der Waals surface area contributed by atoms with Crippen LogP contribution in [0.5, 0.6) is 0 Å². The summed E-state index contributed by atoms with van der Waals surface area (Å²) in [5, 5.41) is 8.31. The number of esters is 1. The van der Waals surface area contributed by atoms with E-state index in [1.165, 1.54) is 37.4 Å². The summed E-state index contributed by atoms with van der Waals surface area (Å²) in [6, 6.07) is 32.5. The molecule has 0 aliphatic carbocycles. The van der Waals surface area contributed by atoms with E-state index in [0.29, 0.717) is 116 Å². The number of fused-ring (bicyclic) bond motifs is 2. The molecule has 25 nitrogen and oxygen atoms in total. The SMILES string of the molecule is COCCOCCOCCOCCOCC[N+]1=C(/C=C/C=C/C=C/C=C2/N(CCCCCC(=O)NCCNC(=O)c3ccc(C(=O)OC)c(P(c4ccccc4)c4ccccc4)c3)c3ccc(S(=O)(=O)[O-])cc3C2(C)CCCS(=O)(=O)O)C(C)(CCCS(=O)(=O)O)c2cc(S(=O)(=O)O)ccc21. The molecule has 2 atom stereocenters. The number of nitrogens with one attached hydrogen (secondary N) is 2. The Bertz CT molecular complexity index is 4250. The molecular formula is C71H89N4O21PS4. The highest BCUT2D eigenvalue weighted by molar-refractivity contribution is 7.86. The Balaban J connectivity index is 1.04. The molecule has 101 heavy (non-hydrogen) atoms. The molecule has 2 amide bonds. The lowest BCUT2D eigenvalue weighted by Crippen LogP contribution is -2.35. The number of hydrogen-bond acceptors (Lipinski definition) is 19. The summed E-state index contributed by atoms with van der Waals surface area (Å²) < 4.78 is 175. The molecule has 5 aromatic rings. The van der Waals surface area contributed by atoms with Gasteiger partial charge in [0.1, 0.15) is 16.7 Å². The van der Waals surface area contributed by atoms with Gasteiger partial charge in [-0.1, -0.05) is 97.5 Å². The first-order valence-corrected chi connectivity index (χ1v) is 40.3. The maximum atomic E-state index is 13.6. The number of ether oxygens (including phenoxy) is 6. The maximum absolute atomic E-state index is 13.6. The minimum atomic E-state index is -4.95. The molecule has 7 rings (SSSR count). The average Bonchev–Trinajstić information content (AvgIpc) is 1.64. The van der Waals surface area contributed by atoms with E-state index in [9.17, 15) is 66.3 Å². The summed E-state index contributed by atoms with van der Waals surface area (Å²) in [6.07, 6.45) is 13.9. The van der Waals surface area contributed by atoms with Gasteiger partial charge in [0.25, 0.3) is 36.3 Å². The molecule has 0 spiro atoms. The Morgan fingerprint density at radius 2 is 1.15 bits per heavy atom. The van der Waals surface area contributed by atoms with Crippen molar-refractivity contribution in [3.63, 3.8) is 0 Å². The summed E-state index contributed by atoms with van der Waals surface area (Å²) in [5.74, 6) is -2.37. The van der Waals surface area contributed by atoms with Crippen molar-refractivity contribution in [3.05, 3.63) is 186 Å². The van der Waals surface area contributed by atoms with Crippen LogP contribution in [0.1, 0.15) is 97.1 Å². The average molecular weight is 1490 g/mol. The number of benzene rings is 5. The zero-order valence-corrected chi connectivity index (χ0v) is 61.1. The fourth-order valence-electron chi connectivity index (χ4n) is 12.2. The van der Waals surface area contributed by atoms with Crippen molar-refractivity contribution in [2.45, 2.75) is 85.8 Å². The monoisotopic (exact) mass is 1490 g/mol. The highest BCUT2D eigenvalue weighted by Gasteiger charge is 2.48. The molecule has 0 aromatic heterocycles. The summed E-state index contributed by atoms with van der Waals surface area (Å²) in [7, 11) is -16.8. The number of carbonyl (C=O) groups is 3. The number of nitrogens with zero attached hydrogens (tertiary/aromatic N) is 2. The van der Waals surface area contributed by atoms with Crippen LogP contribution in [-0.2, 0) is 84.5 Å². The Kier molecular flexibility index (Phi) is 30.8.